The first kappa shape index (κ1) is 17.4. The number of rotatable bonds is 4. The van der Waals surface area contributed by atoms with E-state index in [-0.39, 0.29) is 5.69 Å². The summed E-state index contributed by atoms with van der Waals surface area (Å²) < 4.78 is 4.32. The molecule has 0 aliphatic heterocycles. The lowest BCUT2D eigenvalue weighted by molar-refractivity contribution is 0.955. The zero-order valence-corrected chi connectivity index (χ0v) is 17.4. The van der Waals surface area contributed by atoms with E-state index in [0.717, 1.165) is 5.82 Å². The van der Waals surface area contributed by atoms with Gasteiger partial charge in [0.1, 0.15) is 22.3 Å². The summed E-state index contributed by atoms with van der Waals surface area (Å²) >= 11 is 0. The summed E-state index contributed by atoms with van der Waals surface area (Å²) in [6, 6.07) is 2.04. The topological polar surface area (TPSA) is 38.1 Å². The Morgan fingerprint density at radius 2 is 1.40 bits per heavy atom. The molecule has 0 amide bonds. The van der Waals surface area contributed by atoms with Crippen LogP contribution < -0.4 is 9.92 Å². The quantitative estimate of drug-likeness (QED) is 0.796. The first-order valence-corrected chi connectivity index (χ1v) is 17.5. The largest absolute Gasteiger partial charge is 0.409 e. The van der Waals surface area contributed by atoms with Gasteiger partial charge in [-0.3, -0.25) is 0 Å². The highest BCUT2D eigenvalue weighted by molar-refractivity contribution is 6.99. The van der Waals surface area contributed by atoms with Crippen molar-refractivity contribution in [1.29, 1.82) is 0 Å². The summed E-state index contributed by atoms with van der Waals surface area (Å²) in [7, 11) is -4.79. The molecule has 0 aliphatic carbocycles. The van der Waals surface area contributed by atoms with E-state index >= 15 is 0 Å². The minimum Gasteiger partial charge on any atom is -0.409 e. The lowest BCUT2D eigenvalue weighted by atomic mass is 10.6. The molecule has 0 aliphatic rings. The van der Waals surface area contributed by atoms with Gasteiger partial charge in [-0.1, -0.05) is 58.9 Å². The molecule has 0 saturated carbocycles. The Balaban J connectivity index is 3.40. The molecule has 20 heavy (non-hydrogen) atoms. The Hall–Kier alpha value is -0.669. The van der Waals surface area contributed by atoms with Crippen LogP contribution in [0.1, 0.15) is 0 Å². The monoisotopic (exact) mass is 327 g/mol. The molecule has 0 unspecified atom stereocenters. The molecule has 4 nitrogen and oxygen atoms in total. The average Bonchev–Trinajstić information content (AvgIpc) is 2.09. The van der Waals surface area contributed by atoms with Gasteiger partial charge in [0.2, 0.25) is 0 Å². The molecular formula is C13H29N3OSi3. The number of hydrogen-bond acceptors (Lipinski definition) is 3. The highest BCUT2D eigenvalue weighted by Crippen LogP contribution is 2.25. The number of aromatic nitrogens is 2. The third kappa shape index (κ3) is 3.92. The van der Waals surface area contributed by atoms with Crippen molar-refractivity contribution in [1.82, 2.24) is 9.22 Å². The Morgan fingerprint density at radius 1 is 0.950 bits per heavy atom. The predicted molar refractivity (Wildman–Crippen MR) is 96.4 cm³/mol. The molecule has 0 atom stereocenters. The van der Waals surface area contributed by atoms with E-state index < -0.39 is 24.7 Å². The number of hydrogen-bond donors (Lipinski definition) is 0. The van der Waals surface area contributed by atoms with E-state index in [4.69, 9.17) is 0 Å². The van der Waals surface area contributed by atoms with Crippen molar-refractivity contribution in [3.05, 3.63) is 22.7 Å². The molecule has 0 N–H and O–H groups in total. The van der Waals surface area contributed by atoms with Gasteiger partial charge in [-0.15, -0.1) is 0 Å². The van der Waals surface area contributed by atoms with E-state index in [9.17, 15) is 4.79 Å². The number of anilines is 1. The van der Waals surface area contributed by atoms with Crippen molar-refractivity contribution in [2.24, 2.45) is 0 Å². The molecule has 1 aromatic heterocycles. The third-order valence-electron chi connectivity index (χ3n) is 3.08. The second-order valence-corrected chi connectivity index (χ2v) is 23.1. The second-order valence-electron chi connectivity index (χ2n) is 8.29. The van der Waals surface area contributed by atoms with Gasteiger partial charge < -0.3 is 8.46 Å². The van der Waals surface area contributed by atoms with Crippen LogP contribution in [-0.2, 0) is 0 Å². The van der Waals surface area contributed by atoms with Crippen molar-refractivity contribution in [2.45, 2.75) is 58.9 Å². The fourth-order valence-corrected chi connectivity index (χ4v) is 13.5. The standard InChI is InChI=1S/C13H29N3OSi3/c1-18(2,3)15-11-10-12(14-13(15)17)16(19(4,5)6)20(7,8)9/h10-11H,1-9H3. The number of nitrogens with zero attached hydrogens (tertiary/aromatic N) is 3. The highest BCUT2D eigenvalue weighted by atomic mass is 28.4. The van der Waals surface area contributed by atoms with E-state index in [2.05, 4.69) is 68.1 Å². The third-order valence-corrected chi connectivity index (χ3v) is 12.0. The van der Waals surface area contributed by atoms with Gasteiger partial charge in [0.25, 0.3) is 0 Å². The van der Waals surface area contributed by atoms with Crippen molar-refractivity contribution in [3.63, 3.8) is 0 Å². The fraction of sp³-hybridized carbons (Fsp3) is 0.692. The molecule has 0 aromatic carbocycles. The van der Waals surface area contributed by atoms with Crippen LogP contribution in [0.25, 0.3) is 0 Å². The van der Waals surface area contributed by atoms with E-state index in [1.54, 1.807) is 0 Å². The van der Waals surface area contributed by atoms with Crippen LogP contribution in [0, 0.1) is 0 Å². The van der Waals surface area contributed by atoms with Crippen LogP contribution in [0.15, 0.2) is 17.1 Å². The molecular weight excluding hydrogens is 298 g/mol. The summed E-state index contributed by atoms with van der Waals surface area (Å²) in [6.07, 6.45) is 1.95. The summed E-state index contributed by atoms with van der Waals surface area (Å²) in [5, 5.41) is 0. The van der Waals surface area contributed by atoms with Crippen molar-refractivity contribution >= 4 is 30.5 Å². The molecule has 0 spiro atoms. The molecule has 0 bridgehead atoms. The molecule has 1 rings (SSSR count). The summed E-state index contributed by atoms with van der Waals surface area (Å²) in [5.41, 5.74) is -0.0943. The molecule has 0 fully saturated rings. The Labute approximate surface area is 126 Å². The summed E-state index contributed by atoms with van der Waals surface area (Å²) in [5.74, 6) is 0.878. The van der Waals surface area contributed by atoms with E-state index in [1.807, 2.05) is 16.5 Å². The molecule has 114 valence electrons. The highest BCUT2D eigenvalue weighted by Gasteiger charge is 2.35. The van der Waals surface area contributed by atoms with Gasteiger partial charge in [-0.25, -0.2) is 4.79 Å². The van der Waals surface area contributed by atoms with Crippen LogP contribution in [0.2, 0.25) is 58.9 Å². The molecule has 0 radical (unpaired) electrons. The lowest BCUT2D eigenvalue weighted by Crippen LogP contribution is -2.60. The smallest absolute Gasteiger partial charge is 0.341 e. The van der Waals surface area contributed by atoms with Gasteiger partial charge >= 0.3 is 5.69 Å². The predicted octanol–water partition coefficient (Wildman–Crippen LogP) is 3.40. The summed E-state index contributed by atoms with van der Waals surface area (Å²) in [4.78, 5) is 16.7. The van der Waals surface area contributed by atoms with Crippen LogP contribution in [0.5, 0.6) is 0 Å². The average molecular weight is 328 g/mol. The van der Waals surface area contributed by atoms with E-state index in [1.165, 1.54) is 0 Å². The maximum Gasteiger partial charge on any atom is 0.341 e. The van der Waals surface area contributed by atoms with Crippen LogP contribution in [0.3, 0.4) is 0 Å². The van der Waals surface area contributed by atoms with Crippen LogP contribution in [0.4, 0.5) is 5.82 Å². The zero-order valence-electron chi connectivity index (χ0n) is 14.4. The van der Waals surface area contributed by atoms with Crippen molar-refractivity contribution in [2.75, 3.05) is 4.23 Å². The van der Waals surface area contributed by atoms with Crippen molar-refractivity contribution in [3.8, 4) is 0 Å². The van der Waals surface area contributed by atoms with Crippen LogP contribution >= 0.6 is 0 Å². The summed E-state index contributed by atoms with van der Waals surface area (Å²) in [6.45, 7) is 20.4. The second kappa shape index (κ2) is 5.27. The Bertz CT molecular complexity index is 522. The van der Waals surface area contributed by atoms with Gasteiger partial charge in [-0.05, 0) is 6.07 Å². The van der Waals surface area contributed by atoms with E-state index in [0.29, 0.717) is 0 Å². The fourth-order valence-electron chi connectivity index (χ4n) is 2.72. The van der Waals surface area contributed by atoms with Gasteiger partial charge in [-0.2, -0.15) is 4.98 Å². The SMILES string of the molecule is C[Si](C)(C)N(c1ccn([Si](C)(C)C)c(=O)n1)[Si](C)(C)C. The maximum atomic E-state index is 12.3. The van der Waals surface area contributed by atoms with Gasteiger partial charge in [0, 0.05) is 6.20 Å². The zero-order chi connectivity index (χ0) is 15.9. The maximum absolute atomic E-state index is 12.3. The molecule has 7 heteroatoms. The van der Waals surface area contributed by atoms with Gasteiger partial charge in [0.05, 0.1) is 0 Å². The normalized spacial score (nSPS) is 13.4. The van der Waals surface area contributed by atoms with Crippen LogP contribution in [-0.4, -0.2) is 33.9 Å². The minimum absolute atomic E-state index is 0.0943. The Kier molecular flexibility index (Phi) is 4.58. The van der Waals surface area contributed by atoms with Crippen molar-refractivity contribution < 1.29 is 0 Å². The molecule has 0 saturated heterocycles. The Morgan fingerprint density at radius 3 is 1.70 bits per heavy atom. The lowest BCUT2D eigenvalue weighted by Gasteiger charge is -2.44. The molecule has 1 heterocycles. The van der Waals surface area contributed by atoms with Gasteiger partial charge in [0.15, 0.2) is 8.24 Å². The molecule has 1 aromatic rings. The minimum atomic E-state index is -1.68. The first-order valence-electron chi connectivity index (χ1n) is 7.15. The first-order chi connectivity index (χ1) is 8.74.